The third-order valence-corrected chi connectivity index (χ3v) is 4.84. The summed E-state index contributed by atoms with van der Waals surface area (Å²) >= 11 is 0. The summed E-state index contributed by atoms with van der Waals surface area (Å²) in [6.07, 6.45) is 7.53. The van der Waals surface area contributed by atoms with Crippen molar-refractivity contribution >= 4 is 0 Å². The number of likely N-dealkylation sites (N-methyl/N-ethyl adjacent to an activating group) is 1. The molecule has 1 heterocycles. The largest absolute Gasteiger partial charge is 0.314 e. The quantitative estimate of drug-likeness (QED) is 0.738. The van der Waals surface area contributed by atoms with Crippen LogP contribution in [0.5, 0.6) is 0 Å². The minimum Gasteiger partial charge on any atom is -0.314 e. The van der Waals surface area contributed by atoms with E-state index in [-0.39, 0.29) is 0 Å². The second kappa shape index (κ2) is 8.06. The normalized spacial score (nSPS) is 28.2. The maximum Gasteiger partial charge on any atom is 0.0252 e. The van der Waals surface area contributed by atoms with Crippen molar-refractivity contribution in [2.75, 3.05) is 13.1 Å². The zero-order valence-electron chi connectivity index (χ0n) is 13.8. The van der Waals surface area contributed by atoms with E-state index in [1.54, 1.807) is 0 Å². The Morgan fingerprint density at radius 1 is 1.26 bits per heavy atom. The Kier molecular flexibility index (Phi) is 7.09. The summed E-state index contributed by atoms with van der Waals surface area (Å²) in [5.74, 6) is 1.43. The highest BCUT2D eigenvalue weighted by Gasteiger charge is 2.21. The van der Waals surface area contributed by atoms with Gasteiger partial charge in [0.1, 0.15) is 0 Å². The summed E-state index contributed by atoms with van der Waals surface area (Å²) in [7, 11) is 0. The van der Waals surface area contributed by atoms with Gasteiger partial charge in [-0.3, -0.25) is 4.90 Å². The van der Waals surface area contributed by atoms with Gasteiger partial charge in [-0.2, -0.15) is 0 Å². The molecule has 4 atom stereocenters. The second-order valence-corrected chi connectivity index (χ2v) is 6.49. The van der Waals surface area contributed by atoms with Crippen LogP contribution in [0, 0.1) is 11.8 Å². The lowest BCUT2D eigenvalue weighted by molar-refractivity contribution is 0.151. The third-order valence-electron chi connectivity index (χ3n) is 4.84. The van der Waals surface area contributed by atoms with Gasteiger partial charge < -0.3 is 5.32 Å². The minimum atomic E-state index is 0.538. The molecule has 2 nitrogen and oxygen atoms in total. The zero-order valence-corrected chi connectivity index (χ0v) is 13.8. The van der Waals surface area contributed by atoms with Gasteiger partial charge in [-0.25, -0.2) is 0 Å². The summed E-state index contributed by atoms with van der Waals surface area (Å²) in [6.45, 7) is 16.2. The molecule has 1 rings (SSSR count). The second-order valence-electron chi connectivity index (χ2n) is 6.49. The maximum atomic E-state index is 3.58. The van der Waals surface area contributed by atoms with E-state index in [0.717, 1.165) is 6.54 Å². The molecule has 0 saturated carbocycles. The number of hydrogen-bond donors (Lipinski definition) is 1. The summed E-state index contributed by atoms with van der Waals surface area (Å²) in [5.41, 5.74) is 0. The van der Waals surface area contributed by atoms with Crippen LogP contribution in [0.1, 0.15) is 54.4 Å². The number of nitrogens with zero attached hydrogens (tertiary/aromatic N) is 1. The lowest BCUT2D eigenvalue weighted by Crippen LogP contribution is -2.42. The Bertz CT molecular complexity index is 272. The number of hydrogen-bond acceptors (Lipinski definition) is 2. The lowest BCUT2D eigenvalue weighted by atomic mass is 9.91. The molecule has 2 unspecified atom stereocenters. The molecule has 1 aliphatic heterocycles. The van der Waals surface area contributed by atoms with Crippen molar-refractivity contribution in [2.45, 2.75) is 72.5 Å². The van der Waals surface area contributed by atoms with E-state index < -0.39 is 0 Å². The van der Waals surface area contributed by atoms with Gasteiger partial charge in [-0.1, -0.05) is 32.9 Å². The number of nitrogens with one attached hydrogen (secondary N) is 1. The van der Waals surface area contributed by atoms with Crippen LogP contribution in [0.3, 0.4) is 0 Å². The van der Waals surface area contributed by atoms with Gasteiger partial charge in [0.15, 0.2) is 0 Å². The molecule has 0 bridgehead atoms. The van der Waals surface area contributed by atoms with Crippen molar-refractivity contribution in [3.63, 3.8) is 0 Å². The first-order chi connectivity index (χ1) is 8.97. The Labute approximate surface area is 120 Å². The Balaban J connectivity index is 2.58. The minimum absolute atomic E-state index is 0.538. The van der Waals surface area contributed by atoms with Crippen LogP contribution in [0.25, 0.3) is 0 Å². The van der Waals surface area contributed by atoms with Gasteiger partial charge in [0.05, 0.1) is 0 Å². The molecule has 0 radical (unpaired) electrons. The van der Waals surface area contributed by atoms with Crippen LogP contribution in [0.4, 0.5) is 0 Å². The topological polar surface area (TPSA) is 15.3 Å². The smallest absolute Gasteiger partial charge is 0.0252 e. The van der Waals surface area contributed by atoms with E-state index in [2.05, 4.69) is 63.9 Å². The van der Waals surface area contributed by atoms with Gasteiger partial charge in [0.2, 0.25) is 0 Å². The van der Waals surface area contributed by atoms with Gasteiger partial charge in [-0.05, 0) is 58.5 Å². The predicted octanol–water partition coefficient (Wildman–Crippen LogP) is 3.69. The molecule has 2 heteroatoms. The van der Waals surface area contributed by atoms with E-state index in [0.29, 0.717) is 30.0 Å². The SMILES string of the molecule is CCN(C(C)/C=C\C1CCCN[C@@H]1C)[C@@H](C)C(C)C. The Morgan fingerprint density at radius 2 is 1.95 bits per heavy atom. The van der Waals surface area contributed by atoms with Crippen molar-refractivity contribution < 1.29 is 0 Å². The van der Waals surface area contributed by atoms with Crippen LogP contribution in [0.2, 0.25) is 0 Å². The molecule has 0 aromatic carbocycles. The average molecular weight is 266 g/mol. The van der Waals surface area contributed by atoms with Gasteiger partial charge in [0.25, 0.3) is 0 Å². The molecule has 0 aromatic heterocycles. The summed E-state index contributed by atoms with van der Waals surface area (Å²) < 4.78 is 0. The fraction of sp³-hybridized carbons (Fsp3) is 0.882. The summed E-state index contributed by atoms with van der Waals surface area (Å²) in [5, 5.41) is 3.58. The molecule has 0 aromatic rings. The number of piperidine rings is 1. The monoisotopic (exact) mass is 266 g/mol. The maximum absolute atomic E-state index is 3.58. The first-order valence-electron chi connectivity index (χ1n) is 8.14. The van der Waals surface area contributed by atoms with Crippen LogP contribution >= 0.6 is 0 Å². The van der Waals surface area contributed by atoms with Crippen molar-refractivity contribution in [2.24, 2.45) is 11.8 Å². The highest BCUT2D eigenvalue weighted by atomic mass is 15.2. The van der Waals surface area contributed by atoms with Crippen LogP contribution in [0.15, 0.2) is 12.2 Å². The van der Waals surface area contributed by atoms with Crippen LogP contribution in [-0.4, -0.2) is 36.1 Å². The van der Waals surface area contributed by atoms with E-state index in [1.807, 2.05) is 0 Å². The van der Waals surface area contributed by atoms with Crippen molar-refractivity contribution in [3.05, 3.63) is 12.2 Å². The highest BCUT2D eigenvalue weighted by molar-refractivity contribution is 5.00. The zero-order chi connectivity index (χ0) is 14.4. The molecule has 1 N–H and O–H groups in total. The standard InChI is InChI=1S/C17H34N2/c1-7-19(16(6)13(2)3)14(4)10-11-17-9-8-12-18-15(17)5/h10-11,13-18H,7-9,12H2,1-6H3/b11-10-/t14?,15-,16+,17?/m1/s1. The Morgan fingerprint density at radius 3 is 2.47 bits per heavy atom. The fourth-order valence-corrected chi connectivity index (χ4v) is 3.08. The molecule has 1 saturated heterocycles. The first-order valence-corrected chi connectivity index (χ1v) is 8.14. The Hall–Kier alpha value is -0.340. The first kappa shape index (κ1) is 16.7. The molecular weight excluding hydrogens is 232 g/mol. The molecule has 0 spiro atoms. The predicted molar refractivity (Wildman–Crippen MR) is 85.5 cm³/mol. The summed E-state index contributed by atoms with van der Waals surface area (Å²) in [6, 6.07) is 1.82. The average Bonchev–Trinajstić information content (AvgIpc) is 2.38. The van der Waals surface area contributed by atoms with E-state index in [4.69, 9.17) is 0 Å². The molecule has 112 valence electrons. The highest BCUT2D eigenvalue weighted by Crippen LogP contribution is 2.19. The van der Waals surface area contributed by atoms with Crippen molar-refractivity contribution in [1.82, 2.24) is 10.2 Å². The van der Waals surface area contributed by atoms with Crippen LogP contribution in [-0.2, 0) is 0 Å². The lowest BCUT2D eigenvalue weighted by Gasteiger charge is -2.35. The van der Waals surface area contributed by atoms with E-state index in [9.17, 15) is 0 Å². The van der Waals surface area contributed by atoms with Gasteiger partial charge in [-0.15, -0.1) is 0 Å². The number of rotatable bonds is 6. The molecular formula is C17H34N2. The molecule has 0 amide bonds. The van der Waals surface area contributed by atoms with E-state index >= 15 is 0 Å². The molecule has 19 heavy (non-hydrogen) atoms. The van der Waals surface area contributed by atoms with Gasteiger partial charge in [0, 0.05) is 18.1 Å². The summed E-state index contributed by atoms with van der Waals surface area (Å²) in [4.78, 5) is 2.60. The van der Waals surface area contributed by atoms with Crippen molar-refractivity contribution in [3.8, 4) is 0 Å². The molecule has 1 fully saturated rings. The molecule has 0 aliphatic carbocycles. The van der Waals surface area contributed by atoms with E-state index in [1.165, 1.54) is 19.4 Å². The molecule has 1 aliphatic rings. The fourth-order valence-electron chi connectivity index (χ4n) is 3.08. The third kappa shape index (κ3) is 4.92. The van der Waals surface area contributed by atoms with Crippen LogP contribution < -0.4 is 5.32 Å². The van der Waals surface area contributed by atoms with Crippen molar-refractivity contribution in [1.29, 1.82) is 0 Å². The van der Waals surface area contributed by atoms with Gasteiger partial charge >= 0.3 is 0 Å².